The number of nitrogens with zero attached hydrogens (tertiary/aromatic N) is 1. The van der Waals surface area contributed by atoms with Gasteiger partial charge in [-0.2, -0.15) is 0 Å². The zero-order valence-corrected chi connectivity index (χ0v) is 17.5. The van der Waals surface area contributed by atoms with Crippen molar-refractivity contribution in [3.63, 3.8) is 0 Å². The van der Waals surface area contributed by atoms with Crippen molar-refractivity contribution in [2.75, 3.05) is 19.8 Å². The Morgan fingerprint density at radius 1 is 1.07 bits per heavy atom. The number of nitrogens with one attached hydrogen (secondary N) is 2. The second kappa shape index (κ2) is 8.57. The molecule has 0 unspecified atom stereocenters. The van der Waals surface area contributed by atoms with Crippen LogP contribution >= 0.6 is 0 Å². The van der Waals surface area contributed by atoms with E-state index < -0.39 is 9.84 Å². The summed E-state index contributed by atoms with van der Waals surface area (Å²) in [6.45, 7) is 7.50. The van der Waals surface area contributed by atoms with Crippen LogP contribution in [0.15, 0.2) is 58.4 Å². The van der Waals surface area contributed by atoms with E-state index >= 15 is 0 Å². The summed E-state index contributed by atoms with van der Waals surface area (Å²) in [4.78, 5) is 4.65. The van der Waals surface area contributed by atoms with E-state index in [0.717, 1.165) is 17.7 Å². The summed E-state index contributed by atoms with van der Waals surface area (Å²) in [5.41, 5.74) is 2.99. The molecule has 0 atom stereocenters. The number of hydrogen-bond donors (Lipinski definition) is 2. The number of hydrogen-bond acceptors (Lipinski definition) is 3. The van der Waals surface area contributed by atoms with Gasteiger partial charge >= 0.3 is 0 Å². The molecule has 0 bridgehead atoms. The highest BCUT2D eigenvalue weighted by molar-refractivity contribution is 7.90. The molecule has 27 heavy (non-hydrogen) atoms. The van der Waals surface area contributed by atoms with E-state index in [1.54, 1.807) is 13.1 Å². The Morgan fingerprint density at radius 3 is 2.30 bits per heavy atom. The molecule has 2 rings (SSSR count). The molecular formula is C21H29N3O2S. The molecule has 6 heteroatoms. The molecule has 0 heterocycles. The molecule has 0 aliphatic carbocycles. The Labute approximate surface area is 162 Å². The normalized spacial score (nSPS) is 12.7. The second-order valence-corrected chi connectivity index (χ2v) is 9.39. The highest BCUT2D eigenvalue weighted by atomic mass is 32.2. The van der Waals surface area contributed by atoms with Crippen LogP contribution in [0.4, 0.5) is 0 Å². The summed E-state index contributed by atoms with van der Waals surface area (Å²) in [5.74, 6) is 0.712. The molecule has 0 fully saturated rings. The lowest BCUT2D eigenvalue weighted by atomic mass is 9.85. The number of aliphatic imine (C=N–C) groups is 1. The maximum Gasteiger partial charge on any atom is 0.191 e. The molecule has 5 nitrogen and oxygen atoms in total. The Bertz CT molecular complexity index is 904. The molecule has 2 N–H and O–H groups in total. The summed E-state index contributed by atoms with van der Waals surface area (Å²) in [7, 11) is -1.46. The molecule has 0 aromatic heterocycles. The van der Waals surface area contributed by atoms with Crippen LogP contribution in [0.3, 0.4) is 0 Å². The topological polar surface area (TPSA) is 70.6 Å². The van der Waals surface area contributed by atoms with Gasteiger partial charge in [0.05, 0.1) is 4.90 Å². The van der Waals surface area contributed by atoms with E-state index in [0.29, 0.717) is 17.4 Å². The molecule has 0 amide bonds. The number of aryl methyl sites for hydroxylation is 1. The van der Waals surface area contributed by atoms with Gasteiger partial charge in [-0.25, -0.2) is 8.42 Å². The first kappa shape index (κ1) is 21.0. The van der Waals surface area contributed by atoms with Gasteiger partial charge in [-0.05, 0) is 29.7 Å². The van der Waals surface area contributed by atoms with Crippen LogP contribution in [0.25, 0.3) is 0 Å². The monoisotopic (exact) mass is 387 g/mol. The van der Waals surface area contributed by atoms with E-state index in [4.69, 9.17) is 0 Å². The van der Waals surface area contributed by atoms with E-state index in [1.165, 1.54) is 11.8 Å². The molecule has 2 aromatic rings. The van der Waals surface area contributed by atoms with Crippen molar-refractivity contribution in [2.24, 2.45) is 4.99 Å². The van der Waals surface area contributed by atoms with Crippen molar-refractivity contribution in [2.45, 2.75) is 37.6 Å². The Hall–Kier alpha value is -2.34. The van der Waals surface area contributed by atoms with Crippen molar-refractivity contribution in [3.05, 3.63) is 65.2 Å². The van der Waals surface area contributed by atoms with Gasteiger partial charge in [0.1, 0.15) is 0 Å². The number of sulfone groups is 1. The highest BCUT2D eigenvalue weighted by Crippen LogP contribution is 2.21. The van der Waals surface area contributed by atoms with Gasteiger partial charge in [0, 0.05) is 31.8 Å². The van der Waals surface area contributed by atoms with Gasteiger partial charge in [-0.1, -0.05) is 56.3 Å². The minimum Gasteiger partial charge on any atom is -0.356 e. The van der Waals surface area contributed by atoms with Crippen LogP contribution in [-0.2, 0) is 21.8 Å². The maximum atomic E-state index is 11.7. The predicted octanol–water partition coefficient (Wildman–Crippen LogP) is 3.04. The zero-order chi connectivity index (χ0) is 20.1. The van der Waals surface area contributed by atoms with Crippen molar-refractivity contribution in [1.82, 2.24) is 10.6 Å². The Morgan fingerprint density at radius 2 is 1.74 bits per heavy atom. The third-order valence-electron chi connectivity index (χ3n) is 4.58. The largest absolute Gasteiger partial charge is 0.356 e. The summed E-state index contributed by atoms with van der Waals surface area (Å²) in [6, 6.07) is 15.8. The fourth-order valence-corrected chi connectivity index (χ4v) is 3.90. The molecule has 0 aliphatic rings. The van der Waals surface area contributed by atoms with Crippen LogP contribution in [0, 0.1) is 6.92 Å². The first-order valence-corrected chi connectivity index (χ1v) is 10.8. The molecule has 0 aliphatic heterocycles. The summed E-state index contributed by atoms with van der Waals surface area (Å²) in [6.07, 6.45) is 1.23. The number of rotatable bonds is 6. The van der Waals surface area contributed by atoms with Crippen LogP contribution in [0.1, 0.15) is 30.5 Å². The van der Waals surface area contributed by atoms with Crippen LogP contribution < -0.4 is 10.6 Å². The molecule has 0 spiro atoms. The molecule has 0 radical (unpaired) electrons. The lowest BCUT2D eigenvalue weighted by molar-refractivity contribution is 0.508. The molecule has 0 saturated heterocycles. The van der Waals surface area contributed by atoms with Gasteiger partial charge in [0.25, 0.3) is 0 Å². The molecule has 2 aromatic carbocycles. The van der Waals surface area contributed by atoms with E-state index in [-0.39, 0.29) is 5.41 Å². The van der Waals surface area contributed by atoms with Crippen LogP contribution in [0.5, 0.6) is 0 Å². The summed E-state index contributed by atoms with van der Waals surface area (Å²) < 4.78 is 23.5. The molecule has 0 saturated carbocycles. The average molecular weight is 388 g/mol. The van der Waals surface area contributed by atoms with Gasteiger partial charge < -0.3 is 10.6 Å². The minimum absolute atomic E-state index is 0.0351. The first-order valence-electron chi connectivity index (χ1n) is 8.93. The fraction of sp³-hybridized carbons (Fsp3) is 0.381. The van der Waals surface area contributed by atoms with Crippen molar-refractivity contribution in [3.8, 4) is 0 Å². The number of guanidine groups is 1. The number of benzene rings is 2. The van der Waals surface area contributed by atoms with Gasteiger partial charge in [-0.3, -0.25) is 4.99 Å². The lowest BCUT2D eigenvalue weighted by Gasteiger charge is -2.26. The highest BCUT2D eigenvalue weighted by Gasteiger charge is 2.20. The van der Waals surface area contributed by atoms with Crippen molar-refractivity contribution >= 4 is 15.8 Å². The Balaban J connectivity index is 1.97. The fourth-order valence-electron chi connectivity index (χ4n) is 2.94. The van der Waals surface area contributed by atoms with Crippen molar-refractivity contribution < 1.29 is 8.42 Å². The quantitative estimate of drug-likeness (QED) is 0.590. The predicted molar refractivity (Wildman–Crippen MR) is 112 cm³/mol. The van der Waals surface area contributed by atoms with E-state index in [9.17, 15) is 8.42 Å². The minimum atomic E-state index is -3.19. The van der Waals surface area contributed by atoms with Crippen LogP contribution in [-0.4, -0.2) is 34.2 Å². The standard InChI is InChI=1S/C21H29N3O2S/c1-16-13-17(11-12-19(16)27(5,25)26)14-23-20(22-4)24-15-21(2,3)18-9-7-6-8-10-18/h6-13H,14-15H2,1-5H3,(H2,22,23,24). The van der Waals surface area contributed by atoms with E-state index in [1.807, 2.05) is 37.3 Å². The molecular weight excluding hydrogens is 358 g/mol. The van der Waals surface area contributed by atoms with Crippen LogP contribution in [0.2, 0.25) is 0 Å². The van der Waals surface area contributed by atoms with Crippen molar-refractivity contribution in [1.29, 1.82) is 0 Å². The average Bonchev–Trinajstić information content (AvgIpc) is 2.61. The smallest absolute Gasteiger partial charge is 0.191 e. The first-order chi connectivity index (χ1) is 12.6. The Kier molecular flexibility index (Phi) is 6.65. The zero-order valence-electron chi connectivity index (χ0n) is 16.7. The SMILES string of the molecule is CN=C(NCc1ccc(S(C)(=O)=O)c(C)c1)NCC(C)(C)c1ccccc1. The van der Waals surface area contributed by atoms with Gasteiger partial charge in [-0.15, -0.1) is 0 Å². The molecule has 146 valence electrons. The second-order valence-electron chi connectivity index (χ2n) is 7.40. The van der Waals surface area contributed by atoms with Gasteiger partial charge in [0.2, 0.25) is 0 Å². The summed E-state index contributed by atoms with van der Waals surface area (Å²) in [5, 5.41) is 6.66. The lowest BCUT2D eigenvalue weighted by Crippen LogP contribution is -2.43. The third kappa shape index (κ3) is 5.82. The third-order valence-corrected chi connectivity index (χ3v) is 5.83. The van der Waals surface area contributed by atoms with E-state index in [2.05, 4.69) is 41.6 Å². The summed E-state index contributed by atoms with van der Waals surface area (Å²) >= 11 is 0. The van der Waals surface area contributed by atoms with Gasteiger partial charge in [0.15, 0.2) is 15.8 Å². The maximum absolute atomic E-state index is 11.7.